The van der Waals surface area contributed by atoms with Crippen molar-refractivity contribution in [2.24, 2.45) is 0 Å². The van der Waals surface area contributed by atoms with E-state index in [1.807, 2.05) is 0 Å². The van der Waals surface area contributed by atoms with Crippen molar-refractivity contribution in [1.82, 2.24) is 9.55 Å². The number of benzene rings is 1. The van der Waals surface area contributed by atoms with Crippen LogP contribution in [0, 0.1) is 0 Å². The normalized spacial score (nSPS) is 32.6. The van der Waals surface area contributed by atoms with Gasteiger partial charge in [-0.2, -0.15) is 4.98 Å². The molecule has 1 fully saturated rings. The molecule has 0 saturated carbocycles. The maximum absolute atomic E-state index is 14.8. The maximum Gasteiger partial charge on any atom is 0.381 e. The molecule has 2 aliphatic heterocycles. The van der Waals surface area contributed by atoms with Crippen LogP contribution in [-0.2, 0) is 32.2 Å². The number of aliphatic hydroxyl groups excluding tert-OH is 1. The quantitative estimate of drug-likeness (QED) is 0.620. The summed E-state index contributed by atoms with van der Waals surface area (Å²) in [5, 5.41) is 10.3. The Balaban J connectivity index is 1.58. The number of hydrogen-bond donors (Lipinski definition) is 2. The number of para-hydroxylation sites is 1. The maximum atomic E-state index is 14.8. The summed E-state index contributed by atoms with van der Waals surface area (Å²) < 4.78 is 65.0. The average molecular weight is 479 g/mol. The van der Waals surface area contributed by atoms with E-state index in [9.17, 15) is 23.1 Å². The molecule has 31 heavy (non-hydrogen) atoms. The molecular weight excluding hydrogens is 462 g/mol. The first-order valence-corrected chi connectivity index (χ1v) is 11.5. The van der Waals surface area contributed by atoms with E-state index in [-0.39, 0.29) is 12.4 Å². The summed E-state index contributed by atoms with van der Waals surface area (Å²) in [6, 6.07) is 7.94. The molecule has 2 aliphatic rings. The zero-order valence-corrected chi connectivity index (χ0v) is 17.3. The van der Waals surface area contributed by atoms with Crippen molar-refractivity contribution in [2.75, 3.05) is 12.3 Å². The zero-order valence-electron chi connectivity index (χ0n) is 15.6. The van der Waals surface area contributed by atoms with Crippen molar-refractivity contribution in [3.8, 4) is 5.75 Å². The first kappa shape index (κ1) is 22.2. The van der Waals surface area contributed by atoms with Gasteiger partial charge in [-0.3, -0.25) is 13.6 Å². The molecule has 1 aromatic heterocycles. The molecule has 168 valence electrons. The van der Waals surface area contributed by atoms with Crippen LogP contribution >= 0.6 is 6.72 Å². The molecule has 14 heteroatoms. The number of nitrogen functional groups attached to an aromatic ring is 1. The Morgan fingerprint density at radius 2 is 2.16 bits per heavy atom. The molecule has 1 aromatic carbocycles. The van der Waals surface area contributed by atoms with Gasteiger partial charge in [-0.25, -0.2) is 18.0 Å². The van der Waals surface area contributed by atoms with E-state index in [1.54, 1.807) is 24.3 Å². The highest BCUT2D eigenvalue weighted by molar-refractivity contribution is 8.07. The number of nitrogens with two attached hydrogens (primary N) is 1. The third kappa shape index (κ3) is 3.97. The fraction of sp³-hybridized carbons (Fsp3) is 0.412. The highest BCUT2D eigenvalue weighted by atomic mass is 32.5. The van der Waals surface area contributed by atoms with Crippen LogP contribution in [0.5, 0.6) is 5.75 Å². The molecule has 0 amide bonds. The summed E-state index contributed by atoms with van der Waals surface area (Å²) in [6.45, 7) is -4.56. The number of aromatic nitrogens is 2. The number of hydrogen-bond acceptors (Lipinski definition) is 9. The number of nitrogens with zero attached hydrogens (tertiary/aromatic N) is 2. The lowest BCUT2D eigenvalue weighted by Gasteiger charge is -2.34. The van der Waals surface area contributed by atoms with Gasteiger partial charge in [0.1, 0.15) is 17.7 Å². The molecule has 4 rings (SSSR count). The van der Waals surface area contributed by atoms with Gasteiger partial charge in [0.05, 0.1) is 13.2 Å². The standard InChI is InChI=1S/C17H17F3N3O6PS/c18-12-13(24)17(15(19)20,28-14(12)23-6-5-11(21)22-16(23)25)8-27-30(31)26-7-9-3-1-2-4-10(9)29-30/h1-6,12-15,24H,7-8H2,(H2,21,22,25)/t12-,13-,14+,17+,30?/m0/s1. The number of anilines is 1. The van der Waals surface area contributed by atoms with Crippen molar-refractivity contribution in [3.63, 3.8) is 0 Å². The van der Waals surface area contributed by atoms with Crippen molar-refractivity contribution in [2.45, 2.75) is 37.1 Å². The minimum Gasteiger partial charge on any atom is -0.424 e. The van der Waals surface area contributed by atoms with Gasteiger partial charge in [0.2, 0.25) is 0 Å². The predicted octanol–water partition coefficient (Wildman–Crippen LogP) is 1.91. The Morgan fingerprint density at radius 1 is 1.42 bits per heavy atom. The molecule has 9 nitrogen and oxygen atoms in total. The summed E-state index contributed by atoms with van der Waals surface area (Å²) in [5.41, 5.74) is 2.20. The first-order valence-electron chi connectivity index (χ1n) is 8.94. The Bertz CT molecular complexity index is 1090. The molecule has 0 aliphatic carbocycles. The van der Waals surface area contributed by atoms with Gasteiger partial charge in [0.15, 0.2) is 18.0 Å². The summed E-state index contributed by atoms with van der Waals surface area (Å²) in [5.74, 6) is 0.222. The molecule has 3 N–H and O–H groups in total. The van der Waals surface area contributed by atoms with E-state index < -0.39 is 49.5 Å². The van der Waals surface area contributed by atoms with Gasteiger partial charge >= 0.3 is 12.4 Å². The van der Waals surface area contributed by atoms with Crippen LogP contribution in [0.1, 0.15) is 11.8 Å². The SMILES string of the molecule is Nc1ccn([C@@H]2O[C@@](COP3(=S)OCc4ccccc4O3)(C(F)F)[C@@H](O)[C@@H]2F)c(=O)n1. The van der Waals surface area contributed by atoms with E-state index in [2.05, 4.69) is 4.98 Å². The Hall–Kier alpha value is -2.02. The summed E-state index contributed by atoms with van der Waals surface area (Å²) in [4.78, 5) is 15.4. The second-order valence-corrected chi connectivity index (χ2v) is 9.82. The van der Waals surface area contributed by atoms with E-state index >= 15 is 0 Å². The van der Waals surface area contributed by atoms with Crippen LogP contribution in [0.2, 0.25) is 0 Å². The minimum atomic E-state index is -3.55. The molecule has 1 saturated heterocycles. The second kappa shape index (κ2) is 8.15. The summed E-state index contributed by atoms with van der Waals surface area (Å²) in [6.07, 6.45) is -9.00. The van der Waals surface area contributed by atoms with Crippen LogP contribution in [-0.4, -0.2) is 45.6 Å². The predicted molar refractivity (Wildman–Crippen MR) is 105 cm³/mol. The van der Waals surface area contributed by atoms with Gasteiger partial charge in [-0.15, -0.1) is 0 Å². The monoisotopic (exact) mass is 479 g/mol. The fourth-order valence-electron chi connectivity index (χ4n) is 3.23. The smallest absolute Gasteiger partial charge is 0.381 e. The first-order chi connectivity index (χ1) is 14.7. The van der Waals surface area contributed by atoms with Crippen molar-refractivity contribution < 1.29 is 36.6 Å². The van der Waals surface area contributed by atoms with E-state index in [0.717, 1.165) is 12.3 Å². The summed E-state index contributed by atoms with van der Waals surface area (Å²) >= 11 is 5.22. The number of ether oxygens (including phenoxy) is 1. The number of fused-ring (bicyclic) bond motifs is 1. The molecule has 0 bridgehead atoms. The number of halogens is 3. The van der Waals surface area contributed by atoms with Crippen LogP contribution in [0.25, 0.3) is 0 Å². The van der Waals surface area contributed by atoms with Crippen LogP contribution in [0.3, 0.4) is 0 Å². The Kier molecular flexibility index (Phi) is 5.83. The van der Waals surface area contributed by atoms with Crippen molar-refractivity contribution >= 4 is 24.3 Å². The Morgan fingerprint density at radius 3 is 2.87 bits per heavy atom. The molecule has 0 spiro atoms. The lowest BCUT2D eigenvalue weighted by Crippen LogP contribution is -2.52. The van der Waals surface area contributed by atoms with E-state index in [4.69, 9.17) is 35.8 Å². The van der Waals surface area contributed by atoms with E-state index in [1.165, 1.54) is 0 Å². The third-order valence-corrected chi connectivity index (χ3v) is 7.09. The fourth-order valence-corrected chi connectivity index (χ4v) is 5.04. The van der Waals surface area contributed by atoms with Crippen LogP contribution in [0.4, 0.5) is 19.0 Å². The van der Waals surface area contributed by atoms with E-state index in [0.29, 0.717) is 15.9 Å². The zero-order chi connectivity index (χ0) is 22.4. The molecule has 1 unspecified atom stereocenters. The molecule has 5 atom stereocenters. The minimum absolute atomic E-state index is 0.0272. The van der Waals surface area contributed by atoms with Crippen molar-refractivity contribution in [1.29, 1.82) is 0 Å². The number of aliphatic hydroxyl groups is 1. The topological polar surface area (TPSA) is 118 Å². The highest BCUT2D eigenvalue weighted by Crippen LogP contribution is 2.56. The average Bonchev–Trinajstić information content (AvgIpc) is 2.98. The molecule has 2 aromatic rings. The van der Waals surface area contributed by atoms with Crippen LogP contribution < -0.4 is 15.9 Å². The van der Waals surface area contributed by atoms with Crippen LogP contribution in [0.15, 0.2) is 41.3 Å². The molecule has 0 radical (unpaired) electrons. The lowest BCUT2D eigenvalue weighted by atomic mass is 9.97. The van der Waals surface area contributed by atoms with Gasteiger partial charge in [-0.05, 0) is 12.1 Å². The molecule has 3 heterocycles. The number of alkyl halides is 3. The van der Waals surface area contributed by atoms with Gasteiger partial charge < -0.3 is 20.1 Å². The second-order valence-electron chi connectivity index (χ2n) is 6.89. The Labute approximate surface area is 178 Å². The lowest BCUT2D eigenvalue weighted by molar-refractivity contribution is -0.193. The summed E-state index contributed by atoms with van der Waals surface area (Å²) in [7, 11) is 0. The van der Waals surface area contributed by atoms with Gasteiger partial charge in [0, 0.05) is 23.6 Å². The van der Waals surface area contributed by atoms with Gasteiger partial charge in [0.25, 0.3) is 6.43 Å². The largest absolute Gasteiger partial charge is 0.424 e. The molecular formula is C17H17F3N3O6PS. The third-order valence-electron chi connectivity index (χ3n) is 4.92. The van der Waals surface area contributed by atoms with Crippen molar-refractivity contribution in [3.05, 3.63) is 52.6 Å². The number of rotatable bonds is 5. The highest BCUT2D eigenvalue weighted by Gasteiger charge is 2.62. The van der Waals surface area contributed by atoms with Gasteiger partial charge in [-0.1, -0.05) is 18.2 Å².